The third kappa shape index (κ3) is 5.44. The Morgan fingerprint density at radius 3 is 2.73 bits per heavy atom. The van der Waals surface area contributed by atoms with Gasteiger partial charge in [-0.3, -0.25) is 14.9 Å². The summed E-state index contributed by atoms with van der Waals surface area (Å²) in [6, 6.07) is 2.18. The maximum atomic E-state index is 12.6. The minimum Gasteiger partial charge on any atom is -0.355 e. The van der Waals surface area contributed by atoms with Crippen LogP contribution in [0.25, 0.3) is 0 Å². The van der Waals surface area contributed by atoms with E-state index < -0.39 is 28.3 Å². The molecule has 12 heteroatoms. The van der Waals surface area contributed by atoms with Crippen LogP contribution in [0.5, 0.6) is 0 Å². The molecular formula is C14H13F3N4O4S. The second-order valence-electron chi connectivity index (χ2n) is 5.06. The summed E-state index contributed by atoms with van der Waals surface area (Å²) < 4.78 is 42.8. The van der Waals surface area contributed by atoms with E-state index in [2.05, 4.69) is 15.5 Å². The molecule has 2 rings (SSSR count). The summed E-state index contributed by atoms with van der Waals surface area (Å²) >= 11 is 0.781. The number of aryl methyl sites for hydroxylation is 1. The van der Waals surface area contributed by atoms with Gasteiger partial charge in [0.05, 0.1) is 21.1 Å². The molecule has 0 spiro atoms. The summed E-state index contributed by atoms with van der Waals surface area (Å²) in [4.78, 5) is 25.8. The molecule has 0 radical (unpaired) electrons. The van der Waals surface area contributed by atoms with Crippen LogP contribution in [0.3, 0.4) is 0 Å². The Bertz CT molecular complexity index is 810. The second kappa shape index (κ2) is 8.17. The molecule has 0 unspecified atom stereocenters. The number of alkyl halides is 3. The maximum Gasteiger partial charge on any atom is 0.416 e. The smallest absolute Gasteiger partial charge is 0.355 e. The number of carbonyl (C=O) groups is 1. The maximum absolute atomic E-state index is 12.6. The minimum absolute atomic E-state index is 0.0225. The van der Waals surface area contributed by atoms with Gasteiger partial charge in [-0.1, -0.05) is 5.16 Å². The van der Waals surface area contributed by atoms with Crippen molar-refractivity contribution in [1.29, 1.82) is 0 Å². The predicted molar refractivity (Wildman–Crippen MR) is 84.6 cm³/mol. The van der Waals surface area contributed by atoms with Crippen molar-refractivity contribution in [3.05, 3.63) is 45.6 Å². The number of amides is 1. The van der Waals surface area contributed by atoms with Gasteiger partial charge in [-0.05, 0) is 19.1 Å². The van der Waals surface area contributed by atoms with Gasteiger partial charge < -0.3 is 9.84 Å². The first-order valence-electron chi connectivity index (χ1n) is 7.21. The molecule has 8 nitrogen and oxygen atoms in total. The number of hydrogen-bond donors (Lipinski definition) is 1. The summed E-state index contributed by atoms with van der Waals surface area (Å²) in [6.07, 6.45) is -4.36. The molecule has 0 aliphatic rings. The zero-order valence-electron chi connectivity index (χ0n) is 13.4. The van der Waals surface area contributed by atoms with Crippen LogP contribution in [0.1, 0.15) is 17.3 Å². The van der Waals surface area contributed by atoms with Crippen molar-refractivity contribution >= 4 is 23.4 Å². The summed E-state index contributed by atoms with van der Waals surface area (Å²) in [6.45, 7) is 1.87. The number of nitro groups is 1. The van der Waals surface area contributed by atoms with Crippen LogP contribution in [-0.2, 0) is 17.4 Å². The Morgan fingerprint density at radius 2 is 2.15 bits per heavy atom. The van der Waals surface area contributed by atoms with Gasteiger partial charge >= 0.3 is 6.18 Å². The lowest BCUT2D eigenvalue weighted by Crippen LogP contribution is -2.27. The molecule has 0 atom stereocenters. The number of thioether (sulfide) groups is 1. The minimum atomic E-state index is -4.68. The van der Waals surface area contributed by atoms with Crippen molar-refractivity contribution in [3.8, 4) is 0 Å². The van der Waals surface area contributed by atoms with Crippen LogP contribution < -0.4 is 5.32 Å². The summed E-state index contributed by atoms with van der Waals surface area (Å²) in [5.41, 5.74) is -1.81. The molecule has 0 bridgehead atoms. The van der Waals surface area contributed by atoms with Gasteiger partial charge in [-0.2, -0.15) is 18.2 Å². The average molecular weight is 390 g/mol. The molecule has 0 aliphatic carbocycles. The highest BCUT2D eigenvalue weighted by molar-refractivity contribution is 8.00. The van der Waals surface area contributed by atoms with Crippen LogP contribution in [0.4, 0.5) is 18.9 Å². The standard InChI is InChI=1S/C14H13F3N4O4S/c1-8-19-13(25-20-8)4-5-18-12(22)7-26-11-3-2-9(14(15,16)17)6-10(11)21(23)24/h2-3,6H,4-5,7H2,1H3,(H,18,22). The second-order valence-corrected chi connectivity index (χ2v) is 6.08. The first kappa shape index (κ1) is 19.7. The van der Waals surface area contributed by atoms with Crippen LogP contribution >= 0.6 is 11.8 Å². The molecule has 0 fully saturated rings. The zero-order chi connectivity index (χ0) is 19.3. The number of nitrogens with zero attached hydrogens (tertiary/aromatic N) is 3. The highest BCUT2D eigenvalue weighted by Crippen LogP contribution is 2.36. The number of hydrogen-bond acceptors (Lipinski definition) is 7. The Labute approximate surface area is 149 Å². The van der Waals surface area contributed by atoms with Crippen molar-refractivity contribution in [2.45, 2.75) is 24.4 Å². The molecule has 0 saturated heterocycles. The topological polar surface area (TPSA) is 111 Å². The van der Waals surface area contributed by atoms with E-state index >= 15 is 0 Å². The highest BCUT2D eigenvalue weighted by atomic mass is 32.2. The van der Waals surface area contributed by atoms with E-state index in [4.69, 9.17) is 4.52 Å². The van der Waals surface area contributed by atoms with Crippen molar-refractivity contribution in [2.24, 2.45) is 0 Å². The molecule has 1 N–H and O–H groups in total. The molecule has 140 valence electrons. The molecular weight excluding hydrogens is 377 g/mol. The Kier molecular flexibility index (Phi) is 6.18. The van der Waals surface area contributed by atoms with E-state index in [0.717, 1.165) is 23.9 Å². The third-order valence-electron chi connectivity index (χ3n) is 3.07. The SMILES string of the molecule is Cc1noc(CCNC(=O)CSc2ccc(C(F)(F)F)cc2[N+](=O)[O-])n1. The number of benzene rings is 1. The molecule has 1 aromatic carbocycles. The lowest BCUT2D eigenvalue weighted by Gasteiger charge is -2.08. The number of halogens is 3. The van der Waals surface area contributed by atoms with Gasteiger partial charge in [0.15, 0.2) is 5.82 Å². The van der Waals surface area contributed by atoms with Crippen molar-refractivity contribution in [1.82, 2.24) is 15.5 Å². The number of nitro benzene ring substituents is 1. The van der Waals surface area contributed by atoms with Gasteiger partial charge in [-0.15, -0.1) is 11.8 Å². The van der Waals surface area contributed by atoms with Gasteiger partial charge in [0.1, 0.15) is 0 Å². The van der Waals surface area contributed by atoms with E-state index in [1.165, 1.54) is 0 Å². The van der Waals surface area contributed by atoms with Gasteiger partial charge in [0, 0.05) is 19.0 Å². The number of rotatable bonds is 7. The van der Waals surface area contributed by atoms with Gasteiger partial charge in [-0.25, -0.2) is 0 Å². The normalized spacial score (nSPS) is 11.4. The van der Waals surface area contributed by atoms with E-state index in [1.807, 2.05) is 0 Å². The van der Waals surface area contributed by atoms with E-state index in [-0.39, 0.29) is 17.2 Å². The lowest BCUT2D eigenvalue weighted by atomic mass is 10.2. The van der Waals surface area contributed by atoms with Crippen molar-refractivity contribution in [3.63, 3.8) is 0 Å². The van der Waals surface area contributed by atoms with E-state index in [0.29, 0.717) is 24.2 Å². The fourth-order valence-electron chi connectivity index (χ4n) is 1.90. The fraction of sp³-hybridized carbons (Fsp3) is 0.357. The van der Waals surface area contributed by atoms with E-state index in [9.17, 15) is 28.1 Å². The Morgan fingerprint density at radius 1 is 1.42 bits per heavy atom. The largest absolute Gasteiger partial charge is 0.416 e. The quantitative estimate of drug-likeness (QED) is 0.440. The molecule has 0 saturated carbocycles. The van der Waals surface area contributed by atoms with Crippen molar-refractivity contribution in [2.75, 3.05) is 12.3 Å². The van der Waals surface area contributed by atoms with Gasteiger partial charge in [0.2, 0.25) is 11.8 Å². The number of nitrogens with one attached hydrogen (secondary N) is 1. The number of carbonyl (C=O) groups excluding carboxylic acids is 1. The molecule has 0 aliphatic heterocycles. The first-order valence-corrected chi connectivity index (χ1v) is 8.19. The lowest BCUT2D eigenvalue weighted by molar-refractivity contribution is -0.388. The molecule has 26 heavy (non-hydrogen) atoms. The number of aromatic nitrogens is 2. The van der Waals surface area contributed by atoms with Crippen molar-refractivity contribution < 1.29 is 27.4 Å². The molecule has 1 aromatic heterocycles. The monoisotopic (exact) mass is 390 g/mol. The molecule has 1 heterocycles. The Hall–Kier alpha value is -2.63. The highest BCUT2D eigenvalue weighted by Gasteiger charge is 2.33. The van der Waals surface area contributed by atoms with Crippen LogP contribution in [0, 0.1) is 17.0 Å². The Balaban J connectivity index is 1.91. The summed E-state index contributed by atoms with van der Waals surface area (Å²) in [5, 5.41) is 17.1. The summed E-state index contributed by atoms with van der Waals surface area (Å²) in [7, 11) is 0. The average Bonchev–Trinajstić information content (AvgIpc) is 2.97. The molecule has 2 aromatic rings. The predicted octanol–water partition coefficient (Wildman–Crippen LogP) is 2.76. The van der Waals surface area contributed by atoms with Crippen LogP contribution in [0.15, 0.2) is 27.6 Å². The van der Waals surface area contributed by atoms with E-state index in [1.54, 1.807) is 6.92 Å². The van der Waals surface area contributed by atoms with Gasteiger partial charge in [0.25, 0.3) is 5.69 Å². The first-order chi connectivity index (χ1) is 12.2. The third-order valence-corrected chi connectivity index (χ3v) is 4.14. The zero-order valence-corrected chi connectivity index (χ0v) is 14.2. The van der Waals surface area contributed by atoms with Crippen LogP contribution in [0.2, 0.25) is 0 Å². The van der Waals surface area contributed by atoms with Crippen LogP contribution in [-0.4, -0.2) is 33.3 Å². The fourth-order valence-corrected chi connectivity index (χ4v) is 2.74. The molecule has 1 amide bonds. The summed E-state index contributed by atoms with van der Waals surface area (Å²) in [5.74, 6) is 0.209.